The lowest BCUT2D eigenvalue weighted by Gasteiger charge is -2.20. The van der Waals surface area contributed by atoms with Crippen LogP contribution >= 0.6 is 0 Å². The van der Waals surface area contributed by atoms with E-state index in [0.717, 1.165) is 10.5 Å². The number of carbonyl (C=O) groups is 4. The first-order valence-electron chi connectivity index (χ1n) is 10.1. The molecule has 0 radical (unpaired) electrons. The molecule has 2 heterocycles. The Morgan fingerprint density at radius 1 is 1.03 bits per heavy atom. The number of fused-ring (bicyclic) bond motifs is 1. The van der Waals surface area contributed by atoms with E-state index in [1.807, 2.05) is 19.1 Å². The molecule has 2 atom stereocenters. The Bertz CT molecular complexity index is 1100. The standard InChI is InChI=1S/C22H21N5O5/c1-3-32-22(31)14-6-8-15(9-7-14)23-17(28)12-26-19-18(24-25-26)20(29)27(21(19)30)16-10-4-13(2)5-11-16/h4-11,18-19H,3,12H2,1-2H3,(H,23,28). The van der Waals surface area contributed by atoms with Crippen molar-refractivity contribution in [3.8, 4) is 0 Å². The van der Waals surface area contributed by atoms with Crippen molar-refractivity contribution in [1.29, 1.82) is 0 Å². The molecule has 1 saturated heterocycles. The van der Waals surface area contributed by atoms with Gasteiger partial charge in [0.05, 0.1) is 17.9 Å². The summed E-state index contributed by atoms with van der Waals surface area (Å²) in [5.74, 6) is -1.83. The Kier molecular flexibility index (Phi) is 5.67. The lowest BCUT2D eigenvalue weighted by atomic mass is 10.1. The SMILES string of the molecule is CCOC(=O)c1ccc(NC(=O)CN2N=NC3C(=O)N(c4ccc(C)cc4)C(=O)C32)cc1. The van der Waals surface area contributed by atoms with Crippen LogP contribution in [0.1, 0.15) is 22.8 Å². The van der Waals surface area contributed by atoms with Crippen molar-refractivity contribution in [2.75, 3.05) is 23.4 Å². The fourth-order valence-electron chi connectivity index (χ4n) is 3.55. The molecule has 10 nitrogen and oxygen atoms in total. The summed E-state index contributed by atoms with van der Waals surface area (Å²) < 4.78 is 4.92. The van der Waals surface area contributed by atoms with Gasteiger partial charge in [-0.05, 0) is 50.2 Å². The topological polar surface area (TPSA) is 121 Å². The zero-order valence-electron chi connectivity index (χ0n) is 17.5. The number of carbonyl (C=O) groups excluding carboxylic acids is 4. The average molecular weight is 435 g/mol. The number of aryl methyl sites for hydroxylation is 1. The van der Waals surface area contributed by atoms with Crippen molar-refractivity contribution in [2.45, 2.75) is 25.9 Å². The maximum Gasteiger partial charge on any atom is 0.338 e. The van der Waals surface area contributed by atoms with Crippen LogP contribution in [0, 0.1) is 6.92 Å². The van der Waals surface area contributed by atoms with E-state index in [-0.39, 0.29) is 13.2 Å². The number of imide groups is 1. The Balaban J connectivity index is 1.41. The fourth-order valence-corrected chi connectivity index (χ4v) is 3.55. The highest BCUT2D eigenvalue weighted by Gasteiger charge is 2.55. The third kappa shape index (κ3) is 3.94. The van der Waals surface area contributed by atoms with Crippen LogP contribution in [0.4, 0.5) is 11.4 Å². The van der Waals surface area contributed by atoms with Crippen molar-refractivity contribution < 1.29 is 23.9 Å². The lowest BCUT2D eigenvalue weighted by molar-refractivity contribution is -0.123. The Hall–Kier alpha value is -4.08. The van der Waals surface area contributed by atoms with Crippen molar-refractivity contribution in [2.24, 2.45) is 10.3 Å². The van der Waals surface area contributed by atoms with E-state index in [2.05, 4.69) is 15.7 Å². The second kappa shape index (κ2) is 8.58. The number of hydrogen-bond donors (Lipinski definition) is 1. The zero-order chi connectivity index (χ0) is 22.8. The van der Waals surface area contributed by atoms with Gasteiger partial charge in [-0.15, -0.1) is 0 Å². The molecule has 2 aliphatic heterocycles. The van der Waals surface area contributed by atoms with Crippen LogP contribution in [0.5, 0.6) is 0 Å². The molecule has 0 spiro atoms. The van der Waals surface area contributed by atoms with Gasteiger partial charge in [0, 0.05) is 5.69 Å². The van der Waals surface area contributed by atoms with Gasteiger partial charge in [0.2, 0.25) is 5.91 Å². The Labute approximate surface area is 183 Å². The summed E-state index contributed by atoms with van der Waals surface area (Å²) in [6.07, 6.45) is 0. The molecule has 32 heavy (non-hydrogen) atoms. The van der Waals surface area contributed by atoms with Gasteiger partial charge in [-0.1, -0.05) is 22.9 Å². The molecule has 0 aromatic heterocycles. The molecule has 4 rings (SSSR count). The van der Waals surface area contributed by atoms with E-state index < -0.39 is 35.8 Å². The quantitative estimate of drug-likeness (QED) is 0.548. The number of benzene rings is 2. The van der Waals surface area contributed by atoms with E-state index in [1.165, 1.54) is 17.1 Å². The highest BCUT2D eigenvalue weighted by atomic mass is 16.5. The molecule has 3 amide bonds. The monoisotopic (exact) mass is 435 g/mol. The van der Waals surface area contributed by atoms with Crippen molar-refractivity contribution in [3.05, 3.63) is 59.7 Å². The maximum atomic E-state index is 13.0. The number of nitrogens with one attached hydrogen (secondary N) is 1. The first kappa shape index (κ1) is 21.2. The lowest BCUT2D eigenvalue weighted by Crippen LogP contribution is -2.43. The summed E-state index contributed by atoms with van der Waals surface area (Å²) >= 11 is 0. The minimum Gasteiger partial charge on any atom is -0.462 e. The summed E-state index contributed by atoms with van der Waals surface area (Å²) in [5.41, 5.74) is 2.29. The van der Waals surface area contributed by atoms with Crippen LogP contribution in [0.2, 0.25) is 0 Å². The van der Waals surface area contributed by atoms with Crippen LogP contribution < -0.4 is 10.2 Å². The molecule has 164 valence electrons. The molecule has 0 aliphatic carbocycles. The van der Waals surface area contributed by atoms with E-state index in [9.17, 15) is 19.2 Å². The zero-order valence-corrected chi connectivity index (χ0v) is 17.5. The van der Waals surface area contributed by atoms with Crippen LogP contribution in [0.25, 0.3) is 0 Å². The Morgan fingerprint density at radius 2 is 1.72 bits per heavy atom. The summed E-state index contributed by atoms with van der Waals surface area (Å²) in [7, 11) is 0. The molecule has 0 saturated carbocycles. The van der Waals surface area contributed by atoms with Gasteiger partial charge in [0.15, 0.2) is 12.1 Å². The summed E-state index contributed by atoms with van der Waals surface area (Å²) in [4.78, 5) is 51.0. The van der Waals surface area contributed by atoms with Gasteiger partial charge >= 0.3 is 5.97 Å². The molecule has 2 aromatic carbocycles. The van der Waals surface area contributed by atoms with Crippen LogP contribution in [0.15, 0.2) is 58.9 Å². The van der Waals surface area contributed by atoms with Crippen molar-refractivity contribution in [3.63, 3.8) is 0 Å². The molecule has 0 bridgehead atoms. The molecular weight excluding hydrogens is 414 g/mol. The number of hydrogen-bond acceptors (Lipinski definition) is 8. The number of esters is 1. The number of rotatable bonds is 6. The summed E-state index contributed by atoms with van der Waals surface area (Å²) in [6, 6.07) is 11.3. The number of ether oxygens (including phenoxy) is 1. The van der Waals surface area contributed by atoms with E-state index >= 15 is 0 Å². The highest BCUT2D eigenvalue weighted by Crippen LogP contribution is 2.31. The molecule has 1 N–H and O–H groups in total. The smallest absolute Gasteiger partial charge is 0.338 e. The van der Waals surface area contributed by atoms with E-state index in [1.54, 1.807) is 31.2 Å². The summed E-state index contributed by atoms with van der Waals surface area (Å²) in [6.45, 7) is 3.64. The summed E-state index contributed by atoms with van der Waals surface area (Å²) in [5, 5.41) is 11.7. The number of nitrogens with zero attached hydrogens (tertiary/aromatic N) is 4. The van der Waals surface area contributed by atoms with Crippen molar-refractivity contribution >= 4 is 35.1 Å². The van der Waals surface area contributed by atoms with Crippen molar-refractivity contribution in [1.82, 2.24) is 5.01 Å². The molecule has 2 aliphatic rings. The molecule has 2 unspecified atom stereocenters. The third-order valence-electron chi connectivity index (χ3n) is 5.14. The Morgan fingerprint density at radius 3 is 2.38 bits per heavy atom. The molecule has 1 fully saturated rings. The van der Waals surface area contributed by atoms with E-state index in [4.69, 9.17) is 4.74 Å². The second-order valence-corrected chi connectivity index (χ2v) is 7.39. The van der Waals surface area contributed by atoms with Crippen LogP contribution in [-0.4, -0.2) is 53.9 Å². The predicted octanol–water partition coefficient (Wildman–Crippen LogP) is 2.10. The minimum atomic E-state index is -0.972. The van der Waals surface area contributed by atoms with Gasteiger partial charge in [0.1, 0.15) is 6.54 Å². The largest absolute Gasteiger partial charge is 0.462 e. The predicted molar refractivity (Wildman–Crippen MR) is 114 cm³/mol. The van der Waals surface area contributed by atoms with Gasteiger partial charge in [0.25, 0.3) is 11.8 Å². The molecular formula is C22H21N5O5. The van der Waals surface area contributed by atoms with E-state index in [0.29, 0.717) is 16.9 Å². The highest BCUT2D eigenvalue weighted by molar-refractivity contribution is 6.25. The van der Waals surface area contributed by atoms with Gasteiger partial charge in [-0.3, -0.25) is 19.4 Å². The maximum absolute atomic E-state index is 13.0. The van der Waals surface area contributed by atoms with Crippen LogP contribution in [-0.2, 0) is 19.1 Å². The third-order valence-corrected chi connectivity index (χ3v) is 5.14. The second-order valence-electron chi connectivity index (χ2n) is 7.39. The first-order valence-corrected chi connectivity index (χ1v) is 10.1. The molecule has 2 aromatic rings. The van der Waals surface area contributed by atoms with Gasteiger partial charge in [-0.2, -0.15) is 5.11 Å². The number of anilines is 2. The fraction of sp³-hybridized carbons (Fsp3) is 0.273. The average Bonchev–Trinajstić information content (AvgIpc) is 3.29. The minimum absolute atomic E-state index is 0.259. The van der Waals surface area contributed by atoms with Crippen LogP contribution in [0.3, 0.4) is 0 Å². The molecule has 10 heteroatoms. The normalized spacial score (nSPS) is 19.3. The van der Waals surface area contributed by atoms with Gasteiger partial charge < -0.3 is 10.1 Å². The first-order chi connectivity index (χ1) is 15.4. The number of amides is 3. The van der Waals surface area contributed by atoms with Gasteiger partial charge in [-0.25, -0.2) is 9.69 Å².